The van der Waals surface area contributed by atoms with Gasteiger partial charge in [-0.3, -0.25) is 19.1 Å². The first kappa shape index (κ1) is 24.7. The number of rotatable bonds is 4. The zero-order valence-corrected chi connectivity index (χ0v) is 21.5. The predicted octanol–water partition coefficient (Wildman–Crippen LogP) is 4.48. The third kappa shape index (κ3) is 4.97. The maximum Gasteiger partial charge on any atom is 0.326 e. The number of aromatic nitrogens is 2. The molecule has 0 N–H and O–H groups in total. The van der Waals surface area contributed by atoms with Crippen LogP contribution in [0.3, 0.4) is 0 Å². The highest BCUT2D eigenvalue weighted by atomic mass is 35.5. The average molecular weight is 513 g/mol. The number of ether oxygens (including phenoxy) is 1. The van der Waals surface area contributed by atoms with Crippen LogP contribution >= 0.6 is 11.6 Å². The number of hydrogen-bond acceptors (Lipinski definition) is 6. The highest BCUT2D eigenvalue weighted by Gasteiger charge is 2.31. The summed E-state index contributed by atoms with van der Waals surface area (Å²) in [6, 6.07) is 10.3. The maximum atomic E-state index is 13.8. The monoisotopic (exact) mass is 512 g/mol. The lowest BCUT2D eigenvalue weighted by Crippen LogP contribution is -2.50. The standard InChI is InChI=1S/C27H30ClFN4O3/c1-27(2,3)36-24(34)16-33-25(17-6-8-22(29)21(28)13-17)30-23-9-7-18(14-20(23)26(33)35)32-12-11-31-10-4-5-19(31)15-32/h6-9,13-14,19H,4-5,10-12,15-16H2,1-3H3. The number of fused-ring (bicyclic) bond motifs is 2. The summed E-state index contributed by atoms with van der Waals surface area (Å²) in [5.41, 5.74) is 0.835. The van der Waals surface area contributed by atoms with E-state index in [0.717, 1.165) is 31.9 Å². The maximum absolute atomic E-state index is 13.8. The molecule has 7 nitrogen and oxygen atoms in total. The van der Waals surface area contributed by atoms with Gasteiger partial charge in [-0.25, -0.2) is 9.37 Å². The van der Waals surface area contributed by atoms with Crippen molar-refractivity contribution in [2.45, 2.75) is 51.8 Å². The van der Waals surface area contributed by atoms with E-state index in [2.05, 4.69) is 9.80 Å². The molecular weight excluding hydrogens is 483 g/mol. The molecule has 0 saturated carbocycles. The third-order valence-electron chi connectivity index (χ3n) is 6.78. The number of hydrogen-bond donors (Lipinski definition) is 0. The Morgan fingerprint density at radius 2 is 1.97 bits per heavy atom. The Balaban J connectivity index is 1.58. The molecule has 2 saturated heterocycles. The van der Waals surface area contributed by atoms with E-state index in [1.807, 2.05) is 18.2 Å². The Kier molecular flexibility index (Phi) is 6.51. The van der Waals surface area contributed by atoms with Crippen LogP contribution in [-0.4, -0.2) is 58.2 Å². The molecule has 0 amide bonds. The van der Waals surface area contributed by atoms with Crippen molar-refractivity contribution < 1.29 is 13.9 Å². The Morgan fingerprint density at radius 1 is 1.17 bits per heavy atom. The number of anilines is 1. The third-order valence-corrected chi connectivity index (χ3v) is 7.06. The van der Waals surface area contributed by atoms with Crippen molar-refractivity contribution in [2.24, 2.45) is 0 Å². The van der Waals surface area contributed by atoms with E-state index < -0.39 is 17.4 Å². The van der Waals surface area contributed by atoms with Crippen molar-refractivity contribution in [3.05, 3.63) is 57.6 Å². The van der Waals surface area contributed by atoms with E-state index in [-0.39, 0.29) is 23.0 Å². The number of nitrogens with zero attached hydrogens (tertiary/aromatic N) is 4. The first-order valence-corrected chi connectivity index (χ1v) is 12.7. The molecular formula is C27H30ClFN4O3. The van der Waals surface area contributed by atoms with Gasteiger partial charge in [-0.1, -0.05) is 11.6 Å². The second-order valence-corrected chi connectivity index (χ2v) is 10.9. The summed E-state index contributed by atoms with van der Waals surface area (Å²) in [5.74, 6) is -0.907. The molecule has 3 aromatic rings. The van der Waals surface area contributed by atoms with Crippen molar-refractivity contribution in [1.82, 2.24) is 14.5 Å². The molecule has 190 valence electrons. The van der Waals surface area contributed by atoms with Crippen LogP contribution in [0.15, 0.2) is 41.2 Å². The summed E-state index contributed by atoms with van der Waals surface area (Å²) in [4.78, 5) is 36.1. The Morgan fingerprint density at radius 3 is 2.72 bits per heavy atom. The lowest BCUT2D eigenvalue weighted by atomic mass is 10.1. The van der Waals surface area contributed by atoms with Gasteiger partial charge in [-0.05, 0) is 76.6 Å². The van der Waals surface area contributed by atoms with Gasteiger partial charge in [0.25, 0.3) is 5.56 Å². The van der Waals surface area contributed by atoms with Crippen LogP contribution in [0.1, 0.15) is 33.6 Å². The van der Waals surface area contributed by atoms with Gasteiger partial charge in [-0.15, -0.1) is 0 Å². The summed E-state index contributed by atoms with van der Waals surface area (Å²) < 4.78 is 20.6. The van der Waals surface area contributed by atoms with Gasteiger partial charge >= 0.3 is 5.97 Å². The van der Waals surface area contributed by atoms with Crippen LogP contribution in [0.4, 0.5) is 10.1 Å². The molecule has 0 bridgehead atoms. The quantitative estimate of drug-likeness (QED) is 0.480. The highest BCUT2D eigenvalue weighted by molar-refractivity contribution is 6.31. The second kappa shape index (κ2) is 9.48. The smallest absolute Gasteiger partial charge is 0.326 e. The van der Waals surface area contributed by atoms with Crippen molar-refractivity contribution in [3.8, 4) is 11.4 Å². The van der Waals surface area contributed by atoms with E-state index in [9.17, 15) is 14.0 Å². The van der Waals surface area contributed by atoms with E-state index in [1.54, 1.807) is 20.8 Å². The first-order chi connectivity index (χ1) is 17.1. The van der Waals surface area contributed by atoms with Gasteiger partial charge in [0, 0.05) is 36.9 Å². The second-order valence-electron chi connectivity index (χ2n) is 10.5. The summed E-state index contributed by atoms with van der Waals surface area (Å²) >= 11 is 6.02. The Labute approximate surface area is 214 Å². The SMILES string of the molecule is CC(C)(C)OC(=O)Cn1c(-c2ccc(F)c(Cl)c2)nc2ccc(N3CCN4CCCC4C3)cc2c1=O. The summed E-state index contributed by atoms with van der Waals surface area (Å²) in [7, 11) is 0. The minimum Gasteiger partial charge on any atom is -0.459 e. The number of halogens is 2. The number of benzene rings is 2. The minimum absolute atomic E-state index is 0.0907. The molecule has 1 atom stereocenters. The molecule has 0 spiro atoms. The highest BCUT2D eigenvalue weighted by Crippen LogP contribution is 2.29. The fourth-order valence-electron chi connectivity index (χ4n) is 5.14. The Bertz CT molecular complexity index is 1380. The number of carbonyl (C=O) groups excluding carboxylic acids is 1. The number of piperazine rings is 1. The van der Waals surface area contributed by atoms with Gasteiger partial charge in [0.1, 0.15) is 23.8 Å². The van der Waals surface area contributed by atoms with E-state index in [4.69, 9.17) is 21.3 Å². The van der Waals surface area contributed by atoms with Crippen LogP contribution < -0.4 is 10.5 Å². The normalized spacial score (nSPS) is 18.5. The lowest BCUT2D eigenvalue weighted by Gasteiger charge is -2.38. The van der Waals surface area contributed by atoms with Crippen molar-refractivity contribution in [2.75, 3.05) is 31.1 Å². The van der Waals surface area contributed by atoms with Gasteiger partial charge in [0.05, 0.1) is 15.9 Å². The molecule has 0 aliphatic carbocycles. The van der Waals surface area contributed by atoms with E-state index in [0.29, 0.717) is 22.5 Å². The largest absolute Gasteiger partial charge is 0.459 e. The average Bonchev–Trinajstić information content (AvgIpc) is 3.29. The molecule has 2 aliphatic heterocycles. The lowest BCUT2D eigenvalue weighted by molar-refractivity contribution is -0.155. The molecule has 3 heterocycles. The van der Waals surface area contributed by atoms with Gasteiger partial charge in [0.15, 0.2) is 0 Å². The first-order valence-electron chi connectivity index (χ1n) is 12.3. The zero-order chi connectivity index (χ0) is 25.6. The van der Waals surface area contributed by atoms with Crippen LogP contribution in [0, 0.1) is 5.82 Å². The van der Waals surface area contributed by atoms with Crippen molar-refractivity contribution >= 4 is 34.2 Å². The molecule has 5 rings (SSSR count). The summed E-state index contributed by atoms with van der Waals surface area (Å²) in [6.45, 7) is 8.97. The summed E-state index contributed by atoms with van der Waals surface area (Å²) in [6.07, 6.45) is 2.42. The number of carbonyl (C=O) groups is 1. The molecule has 9 heteroatoms. The molecule has 2 aromatic carbocycles. The van der Waals surface area contributed by atoms with Gasteiger partial charge in [-0.2, -0.15) is 0 Å². The molecule has 1 aromatic heterocycles. The zero-order valence-electron chi connectivity index (χ0n) is 20.8. The minimum atomic E-state index is -0.708. The van der Waals surface area contributed by atoms with Crippen LogP contribution in [-0.2, 0) is 16.1 Å². The number of esters is 1. The Hall–Kier alpha value is -2.97. The van der Waals surface area contributed by atoms with E-state index >= 15 is 0 Å². The fourth-order valence-corrected chi connectivity index (χ4v) is 5.32. The van der Waals surface area contributed by atoms with Crippen LogP contribution in [0.25, 0.3) is 22.3 Å². The van der Waals surface area contributed by atoms with Crippen molar-refractivity contribution in [3.63, 3.8) is 0 Å². The molecule has 0 radical (unpaired) electrons. The van der Waals surface area contributed by atoms with E-state index in [1.165, 1.54) is 35.6 Å². The summed E-state index contributed by atoms with van der Waals surface area (Å²) in [5, 5.41) is 0.328. The van der Waals surface area contributed by atoms with Crippen molar-refractivity contribution in [1.29, 1.82) is 0 Å². The fraction of sp³-hybridized carbons (Fsp3) is 0.444. The van der Waals surface area contributed by atoms with Crippen LogP contribution in [0.5, 0.6) is 0 Å². The predicted molar refractivity (Wildman–Crippen MR) is 139 cm³/mol. The van der Waals surface area contributed by atoms with Gasteiger partial charge in [0.2, 0.25) is 0 Å². The molecule has 2 aliphatic rings. The molecule has 2 fully saturated rings. The van der Waals surface area contributed by atoms with Crippen LogP contribution in [0.2, 0.25) is 5.02 Å². The molecule has 36 heavy (non-hydrogen) atoms. The van der Waals surface area contributed by atoms with Gasteiger partial charge < -0.3 is 9.64 Å². The topological polar surface area (TPSA) is 67.7 Å². The molecule has 1 unspecified atom stereocenters.